The van der Waals surface area contributed by atoms with Gasteiger partial charge in [-0.25, -0.2) is 0 Å². The summed E-state index contributed by atoms with van der Waals surface area (Å²) >= 11 is 6.12. The van der Waals surface area contributed by atoms with Gasteiger partial charge in [-0.05, 0) is 18.6 Å². The fraction of sp³-hybridized carbons (Fsp3) is 0.800. The number of rotatable bonds is 9. The number of aliphatic hydroxyl groups is 6. The molecule has 4 heterocycles. The maximum absolute atomic E-state index is 11.3. The van der Waals surface area contributed by atoms with E-state index in [1.165, 1.54) is 0 Å². The van der Waals surface area contributed by atoms with Crippen LogP contribution in [0.25, 0.3) is 0 Å². The lowest BCUT2D eigenvalue weighted by atomic mass is 9.84. The first-order chi connectivity index (χ1) is 23.8. The molecule has 5 fully saturated rings. The van der Waals surface area contributed by atoms with Gasteiger partial charge in [-0.3, -0.25) is 0 Å². The quantitative estimate of drug-likeness (QED) is 0.113. The van der Waals surface area contributed by atoms with Crippen molar-refractivity contribution < 1.29 is 68.5 Å². The Morgan fingerprint density at radius 2 is 1.38 bits per heavy atom. The first-order valence-corrected chi connectivity index (χ1v) is 16.9. The van der Waals surface area contributed by atoms with Crippen LogP contribution in [0.15, 0.2) is 24.3 Å². The van der Waals surface area contributed by atoms with Gasteiger partial charge in [0.05, 0.1) is 31.4 Å². The summed E-state index contributed by atoms with van der Waals surface area (Å²) in [7, 11) is 0. The van der Waals surface area contributed by atoms with Crippen molar-refractivity contribution in [3.05, 3.63) is 34.9 Å². The Morgan fingerprint density at radius 1 is 0.720 bits per heavy atom. The van der Waals surface area contributed by atoms with Crippen molar-refractivity contribution in [3.63, 3.8) is 0 Å². The number of ether oxygens (including phenoxy) is 8. The third-order valence-electron chi connectivity index (χ3n) is 9.92. The summed E-state index contributed by atoms with van der Waals surface area (Å²) in [5, 5.41) is 64.8. The van der Waals surface area contributed by atoms with E-state index in [2.05, 4.69) is 0 Å². The predicted octanol–water partition coefficient (Wildman–Crippen LogP) is -5.45. The van der Waals surface area contributed by atoms with E-state index in [0.717, 1.165) is 0 Å². The molecule has 4 aliphatic heterocycles. The van der Waals surface area contributed by atoms with Crippen LogP contribution in [0.4, 0.5) is 0 Å². The highest BCUT2D eigenvalue weighted by Gasteiger charge is 2.55. The first-order valence-electron chi connectivity index (χ1n) is 16.5. The average molecular weight is 738 g/mol. The molecule has 0 spiro atoms. The molecule has 4 saturated heterocycles. The van der Waals surface area contributed by atoms with E-state index >= 15 is 0 Å². The highest BCUT2D eigenvalue weighted by molar-refractivity contribution is 6.30. The lowest BCUT2D eigenvalue weighted by molar-refractivity contribution is -0.356. The molecule has 0 aromatic heterocycles. The van der Waals surface area contributed by atoms with E-state index in [-0.39, 0.29) is 19.6 Å². The van der Waals surface area contributed by atoms with Crippen LogP contribution < -0.4 is 28.7 Å². The van der Waals surface area contributed by atoms with Crippen molar-refractivity contribution in [2.24, 2.45) is 28.7 Å². The number of benzene rings is 1. The first kappa shape index (κ1) is 38.5. The molecule has 19 nitrogen and oxygen atoms in total. The lowest BCUT2D eigenvalue weighted by Crippen LogP contribution is -2.69. The molecule has 1 aromatic rings. The average Bonchev–Trinajstić information content (AvgIpc) is 3.40. The zero-order chi connectivity index (χ0) is 36.0. The second-order valence-corrected chi connectivity index (χ2v) is 13.8. The maximum atomic E-state index is 11.3. The van der Waals surface area contributed by atoms with Crippen molar-refractivity contribution >= 4 is 11.6 Å². The molecule has 20 atom stereocenters. The molecule has 6 rings (SSSR count). The van der Waals surface area contributed by atoms with Gasteiger partial charge in [0.15, 0.2) is 25.2 Å². The van der Waals surface area contributed by atoms with Crippen molar-refractivity contribution in [1.82, 2.24) is 0 Å². The molecule has 16 N–H and O–H groups in total. The third-order valence-corrected chi connectivity index (χ3v) is 10.2. The molecule has 0 amide bonds. The molecule has 0 radical (unpaired) electrons. The number of fused-ring (bicyclic) bond motifs is 1. The fourth-order valence-corrected chi connectivity index (χ4v) is 7.23. The van der Waals surface area contributed by atoms with Gasteiger partial charge in [-0.15, -0.1) is 0 Å². The van der Waals surface area contributed by atoms with Gasteiger partial charge in [0.25, 0.3) is 0 Å². The summed E-state index contributed by atoms with van der Waals surface area (Å²) in [4.78, 5) is 0. The van der Waals surface area contributed by atoms with Crippen molar-refractivity contribution in [1.29, 1.82) is 0 Å². The highest BCUT2D eigenvalue weighted by Crippen LogP contribution is 2.37. The molecular weight excluding hydrogens is 690 g/mol. The number of aliphatic hydroxyl groups excluding tert-OH is 6. The molecule has 1 aliphatic carbocycles. The van der Waals surface area contributed by atoms with Crippen molar-refractivity contribution in [2.75, 3.05) is 19.8 Å². The van der Waals surface area contributed by atoms with Gasteiger partial charge >= 0.3 is 0 Å². The smallest absolute Gasteiger partial charge is 0.187 e. The van der Waals surface area contributed by atoms with E-state index in [9.17, 15) is 30.6 Å². The van der Waals surface area contributed by atoms with Crippen LogP contribution >= 0.6 is 11.6 Å². The zero-order valence-corrected chi connectivity index (χ0v) is 27.7. The van der Waals surface area contributed by atoms with Crippen molar-refractivity contribution in [2.45, 2.75) is 129 Å². The molecule has 20 heteroatoms. The summed E-state index contributed by atoms with van der Waals surface area (Å²) in [6, 6.07) is 2.80. The van der Waals surface area contributed by atoms with Gasteiger partial charge in [0.1, 0.15) is 67.1 Å². The highest BCUT2D eigenvalue weighted by atomic mass is 35.5. The van der Waals surface area contributed by atoms with Gasteiger partial charge in [-0.1, -0.05) is 23.7 Å². The predicted molar refractivity (Wildman–Crippen MR) is 168 cm³/mol. The molecule has 0 unspecified atom stereocenters. The largest absolute Gasteiger partial charge is 0.394 e. The summed E-state index contributed by atoms with van der Waals surface area (Å²) in [5.74, 6) is 0. The topological polar surface area (TPSA) is 325 Å². The summed E-state index contributed by atoms with van der Waals surface area (Å²) < 4.78 is 47.5. The van der Waals surface area contributed by atoms with Crippen LogP contribution in [0.3, 0.4) is 0 Å². The summed E-state index contributed by atoms with van der Waals surface area (Å²) in [6.07, 6.45) is -19.7. The SMILES string of the molecule is NC[C@@H]1O[C@H](O[C@H]2[C@@H](O)[C@H](O[C@@H]3[C@@H](O)[C@H](N)C[C@H](N)[C@H]3O[C@H]3O[C@@H]4CO[C@@H](c5cccc(Cl)c5)O[C@H]4[C@H](O)[C@H]3N)O[C@@H]2CO)[C@H](N)[C@@H](O)[C@@H]1O. The minimum absolute atomic E-state index is 0.0120. The Labute approximate surface area is 292 Å². The Balaban J connectivity index is 1.14. The Kier molecular flexibility index (Phi) is 12.3. The zero-order valence-electron chi connectivity index (χ0n) is 26.9. The number of halogens is 1. The number of hydrogen-bond donors (Lipinski definition) is 11. The molecular formula is C30H48ClN5O14. The molecule has 50 heavy (non-hydrogen) atoms. The monoisotopic (exact) mass is 737 g/mol. The normalized spacial score (nSPS) is 49.8. The van der Waals surface area contributed by atoms with E-state index in [1.54, 1.807) is 24.3 Å². The van der Waals surface area contributed by atoms with E-state index in [0.29, 0.717) is 10.6 Å². The molecule has 5 aliphatic rings. The van der Waals surface area contributed by atoms with E-state index in [4.69, 9.17) is 78.2 Å². The second kappa shape index (κ2) is 16.0. The van der Waals surface area contributed by atoms with Gasteiger partial charge < -0.3 is 97.2 Å². The third kappa shape index (κ3) is 7.56. The van der Waals surface area contributed by atoms with E-state index < -0.39 is 129 Å². The maximum Gasteiger partial charge on any atom is 0.187 e. The fourth-order valence-electron chi connectivity index (χ4n) is 7.03. The van der Waals surface area contributed by atoms with E-state index in [1.807, 2.05) is 0 Å². The van der Waals surface area contributed by atoms with Gasteiger partial charge in [0, 0.05) is 29.2 Å². The lowest BCUT2D eigenvalue weighted by Gasteiger charge is -2.49. The van der Waals surface area contributed by atoms with Crippen molar-refractivity contribution in [3.8, 4) is 0 Å². The van der Waals surface area contributed by atoms with Crippen LogP contribution in [-0.2, 0) is 37.9 Å². The number of hydrogen-bond acceptors (Lipinski definition) is 19. The summed E-state index contributed by atoms with van der Waals surface area (Å²) in [5.41, 5.74) is 31.4. The molecule has 1 aromatic carbocycles. The molecule has 284 valence electrons. The molecule has 0 bridgehead atoms. The second-order valence-electron chi connectivity index (χ2n) is 13.3. The summed E-state index contributed by atoms with van der Waals surface area (Å²) in [6.45, 7) is -0.797. The van der Waals surface area contributed by atoms with Crippen LogP contribution in [-0.4, -0.2) is 167 Å². The minimum atomic E-state index is -1.61. The Bertz CT molecular complexity index is 1280. The minimum Gasteiger partial charge on any atom is -0.394 e. The van der Waals surface area contributed by atoms with Crippen LogP contribution in [0.1, 0.15) is 18.3 Å². The van der Waals surface area contributed by atoms with Gasteiger partial charge in [0.2, 0.25) is 0 Å². The Morgan fingerprint density at radius 3 is 2.08 bits per heavy atom. The molecule has 1 saturated carbocycles. The number of nitrogens with two attached hydrogens (primary N) is 5. The van der Waals surface area contributed by atoms with Gasteiger partial charge in [-0.2, -0.15) is 0 Å². The van der Waals surface area contributed by atoms with Crippen LogP contribution in [0.2, 0.25) is 5.02 Å². The Hall–Kier alpha value is -1.25. The standard InChI is InChI=1S/C30H48ClN5O14/c31-10-3-1-2-9(4-10)27-43-8-15-25(48-27)21(41)17(36)29(46-15)47-23-12(34)5-11(33)18(38)26(23)50-30-22(42)24(14(7-37)45-30)49-28-16(35)20(40)19(39)13(6-32)44-28/h1-4,11-30,37-42H,5-8,32-36H2/t11-,12+,13+,14-,15-,16-,17-,18+,19-,20-,21-,22-,23-,24-,25-,26-,27-,28-,29-,30+/m1/s1. The van der Waals surface area contributed by atoms with Crippen LogP contribution in [0, 0.1) is 0 Å². The van der Waals surface area contributed by atoms with Crippen LogP contribution in [0.5, 0.6) is 0 Å².